The Balaban J connectivity index is 1.57. The van der Waals surface area contributed by atoms with Gasteiger partial charge in [0.25, 0.3) is 10.0 Å². The molecule has 3 aromatic rings. The monoisotopic (exact) mass is 476 g/mol. The van der Waals surface area contributed by atoms with Crippen molar-refractivity contribution in [3.63, 3.8) is 0 Å². The number of hydrogen-bond donors (Lipinski definition) is 1. The van der Waals surface area contributed by atoms with E-state index in [9.17, 15) is 21.2 Å². The van der Waals surface area contributed by atoms with Gasteiger partial charge in [0.2, 0.25) is 10.0 Å². The molecule has 0 bridgehead atoms. The first-order chi connectivity index (χ1) is 15.2. The Bertz CT molecular complexity index is 1360. The summed E-state index contributed by atoms with van der Waals surface area (Å²) in [6, 6.07) is 15.9. The molecule has 7 nitrogen and oxygen atoms in total. The van der Waals surface area contributed by atoms with Crippen LogP contribution in [0.1, 0.15) is 11.1 Å². The van der Waals surface area contributed by atoms with E-state index in [2.05, 4.69) is 4.72 Å². The van der Waals surface area contributed by atoms with Crippen LogP contribution in [0.5, 0.6) is 5.75 Å². The number of nitrogens with zero attached hydrogens (tertiary/aromatic N) is 1. The highest BCUT2D eigenvalue weighted by Gasteiger charge is 2.28. The van der Waals surface area contributed by atoms with Crippen molar-refractivity contribution < 1.29 is 26.0 Å². The van der Waals surface area contributed by atoms with Crippen LogP contribution < -0.4 is 9.46 Å². The summed E-state index contributed by atoms with van der Waals surface area (Å²) in [5, 5.41) is 0. The maximum atomic E-state index is 13.4. The van der Waals surface area contributed by atoms with E-state index in [0.29, 0.717) is 24.3 Å². The third kappa shape index (κ3) is 4.47. The van der Waals surface area contributed by atoms with Gasteiger partial charge < -0.3 is 4.74 Å². The van der Waals surface area contributed by atoms with Crippen LogP contribution in [0.4, 0.5) is 10.1 Å². The number of rotatable bonds is 6. The maximum Gasteiger partial charge on any atom is 0.261 e. The fraction of sp³-hybridized carbons (Fsp3) is 0.182. The van der Waals surface area contributed by atoms with Crippen LogP contribution >= 0.6 is 0 Å². The first kappa shape index (κ1) is 22.3. The van der Waals surface area contributed by atoms with Crippen LogP contribution in [0.15, 0.2) is 76.5 Å². The van der Waals surface area contributed by atoms with Crippen molar-refractivity contribution in [1.82, 2.24) is 4.31 Å². The summed E-state index contributed by atoms with van der Waals surface area (Å²) in [7, 11) is -6.21. The van der Waals surface area contributed by atoms with Gasteiger partial charge in [0, 0.05) is 18.8 Å². The first-order valence-corrected chi connectivity index (χ1v) is 12.7. The molecular formula is C22H21FN2O5S2. The molecule has 10 heteroatoms. The van der Waals surface area contributed by atoms with Crippen molar-refractivity contribution >= 4 is 25.7 Å². The quantitative estimate of drug-likeness (QED) is 0.589. The SMILES string of the molecule is COc1ccc(S(=O)(=O)N2CCc3ccc(NS(=O)(=O)c4cccc(F)c4)cc3C2)cc1. The minimum atomic E-state index is -3.99. The molecule has 0 saturated carbocycles. The van der Waals surface area contributed by atoms with E-state index < -0.39 is 25.9 Å². The average molecular weight is 477 g/mol. The molecule has 168 valence electrons. The minimum Gasteiger partial charge on any atom is -0.497 e. The van der Waals surface area contributed by atoms with Crippen LogP contribution in [0.2, 0.25) is 0 Å². The molecular weight excluding hydrogens is 455 g/mol. The number of halogens is 1. The zero-order valence-corrected chi connectivity index (χ0v) is 18.8. The van der Waals surface area contributed by atoms with Gasteiger partial charge in [-0.25, -0.2) is 21.2 Å². The number of benzene rings is 3. The van der Waals surface area contributed by atoms with E-state index >= 15 is 0 Å². The molecule has 0 radical (unpaired) electrons. The average Bonchev–Trinajstić information content (AvgIpc) is 2.78. The molecule has 3 aromatic carbocycles. The summed E-state index contributed by atoms with van der Waals surface area (Å²) in [6.07, 6.45) is 0.502. The van der Waals surface area contributed by atoms with E-state index in [1.807, 2.05) is 0 Å². The summed E-state index contributed by atoms with van der Waals surface area (Å²) >= 11 is 0. The van der Waals surface area contributed by atoms with Crippen molar-refractivity contribution in [1.29, 1.82) is 0 Å². The Morgan fingerprint density at radius 3 is 2.34 bits per heavy atom. The molecule has 0 saturated heterocycles. The topological polar surface area (TPSA) is 92.8 Å². The van der Waals surface area contributed by atoms with Crippen molar-refractivity contribution in [2.75, 3.05) is 18.4 Å². The van der Waals surface area contributed by atoms with Gasteiger partial charge in [-0.05, 0) is 72.1 Å². The van der Waals surface area contributed by atoms with Crippen LogP contribution in [0.25, 0.3) is 0 Å². The molecule has 0 spiro atoms. The Labute approximate surface area is 186 Å². The van der Waals surface area contributed by atoms with Gasteiger partial charge in [-0.3, -0.25) is 4.72 Å². The highest BCUT2D eigenvalue weighted by Crippen LogP contribution is 2.28. The Morgan fingerprint density at radius 2 is 1.66 bits per heavy atom. The predicted octanol–water partition coefficient (Wildman–Crippen LogP) is 3.38. The molecule has 0 amide bonds. The molecule has 0 atom stereocenters. The predicted molar refractivity (Wildman–Crippen MR) is 118 cm³/mol. The lowest BCUT2D eigenvalue weighted by Gasteiger charge is -2.28. The van der Waals surface area contributed by atoms with Crippen molar-refractivity contribution in [3.8, 4) is 5.75 Å². The molecule has 32 heavy (non-hydrogen) atoms. The standard InChI is InChI=1S/C22H21FN2O5S2/c1-30-20-7-9-21(10-8-20)32(28,29)25-12-11-16-5-6-19(13-17(16)15-25)24-31(26,27)22-4-2-3-18(23)14-22/h2-10,13-14,24H,11-12,15H2,1H3. The summed E-state index contributed by atoms with van der Waals surface area (Å²) in [6.45, 7) is 0.426. The lowest BCUT2D eigenvalue weighted by atomic mass is 10.0. The lowest BCUT2D eigenvalue weighted by molar-refractivity contribution is 0.391. The van der Waals surface area contributed by atoms with E-state index in [1.165, 1.54) is 35.7 Å². The Hall–Kier alpha value is -2.95. The van der Waals surface area contributed by atoms with Gasteiger partial charge in [-0.1, -0.05) is 12.1 Å². The van der Waals surface area contributed by atoms with E-state index in [-0.39, 0.29) is 22.0 Å². The van der Waals surface area contributed by atoms with Crippen molar-refractivity contribution in [3.05, 3.63) is 83.7 Å². The van der Waals surface area contributed by atoms with Crippen molar-refractivity contribution in [2.24, 2.45) is 0 Å². The van der Waals surface area contributed by atoms with Crippen molar-refractivity contribution in [2.45, 2.75) is 22.8 Å². The van der Waals surface area contributed by atoms with Gasteiger partial charge in [0.15, 0.2) is 0 Å². The molecule has 0 aliphatic carbocycles. The van der Waals surface area contributed by atoms with Gasteiger partial charge in [0.1, 0.15) is 11.6 Å². The molecule has 0 unspecified atom stereocenters. The summed E-state index contributed by atoms with van der Waals surface area (Å²) in [4.78, 5) is -0.0383. The highest BCUT2D eigenvalue weighted by molar-refractivity contribution is 7.92. The number of fused-ring (bicyclic) bond motifs is 1. The molecule has 1 N–H and O–H groups in total. The Morgan fingerprint density at radius 1 is 0.906 bits per heavy atom. The second-order valence-electron chi connectivity index (χ2n) is 7.31. The van der Waals surface area contributed by atoms with Gasteiger partial charge in [-0.15, -0.1) is 0 Å². The van der Waals surface area contributed by atoms with Crippen LogP contribution in [-0.2, 0) is 33.0 Å². The summed E-state index contributed by atoms with van der Waals surface area (Å²) < 4.78 is 73.6. The van der Waals surface area contributed by atoms with Crippen LogP contribution in [0, 0.1) is 5.82 Å². The molecule has 4 rings (SSSR count). The molecule has 1 aliphatic heterocycles. The number of methoxy groups -OCH3 is 1. The van der Waals surface area contributed by atoms with Gasteiger partial charge >= 0.3 is 0 Å². The number of sulfonamides is 2. The van der Waals surface area contributed by atoms with E-state index in [1.54, 1.807) is 30.3 Å². The minimum absolute atomic E-state index is 0.110. The molecule has 1 heterocycles. The van der Waals surface area contributed by atoms with Gasteiger partial charge in [-0.2, -0.15) is 4.31 Å². The number of hydrogen-bond acceptors (Lipinski definition) is 5. The second-order valence-corrected chi connectivity index (χ2v) is 10.9. The third-order valence-electron chi connectivity index (χ3n) is 5.24. The zero-order chi connectivity index (χ0) is 22.9. The van der Waals surface area contributed by atoms with E-state index in [0.717, 1.165) is 17.7 Å². The fourth-order valence-corrected chi connectivity index (χ4v) is 6.04. The number of ether oxygens (including phenoxy) is 1. The normalized spacial score (nSPS) is 14.6. The maximum absolute atomic E-state index is 13.4. The Kier molecular flexibility index (Phi) is 5.93. The third-order valence-corrected chi connectivity index (χ3v) is 8.48. The summed E-state index contributed by atoms with van der Waals surface area (Å²) in [5.41, 5.74) is 1.92. The number of nitrogens with one attached hydrogen (secondary N) is 1. The number of anilines is 1. The largest absolute Gasteiger partial charge is 0.497 e. The van der Waals surface area contributed by atoms with Gasteiger partial charge in [0.05, 0.1) is 16.9 Å². The molecule has 0 fully saturated rings. The molecule has 0 aromatic heterocycles. The fourth-order valence-electron chi connectivity index (χ4n) is 3.54. The lowest BCUT2D eigenvalue weighted by Crippen LogP contribution is -2.36. The zero-order valence-electron chi connectivity index (χ0n) is 17.2. The second kappa shape index (κ2) is 8.53. The first-order valence-electron chi connectivity index (χ1n) is 9.73. The van der Waals surface area contributed by atoms with E-state index in [4.69, 9.17) is 4.74 Å². The van der Waals surface area contributed by atoms with Crippen LogP contribution in [0.3, 0.4) is 0 Å². The smallest absolute Gasteiger partial charge is 0.261 e. The highest BCUT2D eigenvalue weighted by atomic mass is 32.2. The van der Waals surface area contributed by atoms with Crippen LogP contribution in [-0.4, -0.2) is 34.8 Å². The molecule has 1 aliphatic rings. The summed E-state index contributed by atoms with van der Waals surface area (Å²) in [5.74, 6) is -0.0964.